The van der Waals surface area contributed by atoms with Crippen LogP contribution in [0.3, 0.4) is 0 Å². The van der Waals surface area contributed by atoms with Crippen LogP contribution >= 0.6 is 0 Å². The fourth-order valence-corrected chi connectivity index (χ4v) is 4.84. The van der Waals surface area contributed by atoms with Crippen molar-refractivity contribution >= 4 is 9.76 Å². The Hall–Kier alpha value is 0.0569. The molecular formula is C19H45N3OSi. The largest absolute Gasteiger partial charge is 0.424 e. The van der Waals surface area contributed by atoms with E-state index in [-0.39, 0.29) is 9.76 Å². The molecule has 0 radical (unpaired) electrons. The normalized spacial score (nSPS) is 13.2. The van der Waals surface area contributed by atoms with Crippen molar-refractivity contribution in [2.24, 2.45) is 5.41 Å². The molecule has 0 heterocycles. The summed E-state index contributed by atoms with van der Waals surface area (Å²) in [7, 11) is 6.43. The summed E-state index contributed by atoms with van der Waals surface area (Å²) < 4.78 is 5.96. The fraction of sp³-hybridized carbons (Fsp3) is 1.00. The topological polar surface area (TPSA) is 19.0 Å². The number of rotatable bonds is 16. The van der Waals surface area contributed by atoms with Gasteiger partial charge in [0, 0.05) is 31.7 Å². The first-order valence-corrected chi connectivity index (χ1v) is 11.6. The Bertz CT molecular complexity index is 261. The molecule has 0 rings (SSSR count). The summed E-state index contributed by atoms with van der Waals surface area (Å²) >= 11 is 0. The highest BCUT2D eigenvalue weighted by Gasteiger charge is 2.33. The Morgan fingerprint density at radius 1 is 0.792 bits per heavy atom. The van der Waals surface area contributed by atoms with Crippen LogP contribution in [0, 0.1) is 5.41 Å². The summed E-state index contributed by atoms with van der Waals surface area (Å²) in [4.78, 5) is 7.48. The third kappa shape index (κ3) is 10.8. The molecule has 0 aliphatic carbocycles. The van der Waals surface area contributed by atoms with Crippen LogP contribution < -0.4 is 0 Å². The molecule has 0 fully saturated rings. The monoisotopic (exact) mass is 359 g/mol. The Morgan fingerprint density at radius 2 is 1.25 bits per heavy atom. The van der Waals surface area contributed by atoms with E-state index < -0.39 is 0 Å². The van der Waals surface area contributed by atoms with Crippen molar-refractivity contribution in [3.63, 3.8) is 0 Å². The molecule has 4 nitrogen and oxygen atoms in total. The zero-order valence-electron chi connectivity index (χ0n) is 17.7. The van der Waals surface area contributed by atoms with Crippen molar-refractivity contribution in [3.8, 4) is 0 Å². The van der Waals surface area contributed by atoms with Crippen LogP contribution in [0.25, 0.3) is 0 Å². The summed E-state index contributed by atoms with van der Waals surface area (Å²) in [5, 5.41) is 0. The summed E-state index contributed by atoms with van der Waals surface area (Å²) in [6.45, 7) is 16.9. The first kappa shape index (κ1) is 24.1. The Labute approximate surface area is 154 Å². The first-order chi connectivity index (χ1) is 11.4. The molecule has 0 aromatic rings. The molecule has 0 aromatic heterocycles. The van der Waals surface area contributed by atoms with E-state index in [1.807, 2.05) is 0 Å². The van der Waals surface area contributed by atoms with E-state index >= 15 is 0 Å². The molecule has 0 aliphatic rings. The van der Waals surface area contributed by atoms with Gasteiger partial charge in [-0.05, 0) is 59.7 Å². The van der Waals surface area contributed by atoms with Crippen LogP contribution in [-0.2, 0) is 4.43 Å². The van der Waals surface area contributed by atoms with Gasteiger partial charge >= 0.3 is 0 Å². The average molecular weight is 360 g/mol. The Kier molecular flexibility index (Phi) is 14.3. The number of nitrogens with zero attached hydrogens (tertiary/aromatic N) is 3. The predicted octanol–water partition coefficient (Wildman–Crippen LogP) is 2.54. The lowest BCUT2D eigenvalue weighted by Crippen LogP contribution is -2.50. The molecule has 0 amide bonds. The van der Waals surface area contributed by atoms with Crippen molar-refractivity contribution in [3.05, 3.63) is 0 Å². The molecule has 24 heavy (non-hydrogen) atoms. The molecule has 5 heteroatoms. The molecule has 0 aromatic carbocycles. The summed E-state index contributed by atoms with van der Waals surface area (Å²) in [5.74, 6) is 0. The minimum Gasteiger partial charge on any atom is -0.424 e. The van der Waals surface area contributed by atoms with Gasteiger partial charge in [-0.1, -0.05) is 34.1 Å². The van der Waals surface area contributed by atoms with Gasteiger partial charge in [-0.15, -0.1) is 0 Å². The van der Waals surface area contributed by atoms with Gasteiger partial charge in [0.1, 0.15) is 0 Å². The molecular weight excluding hydrogens is 314 g/mol. The highest BCUT2D eigenvalue weighted by atomic mass is 28.2. The maximum Gasteiger partial charge on any atom is 0.161 e. The molecule has 0 aliphatic heterocycles. The molecule has 0 bridgehead atoms. The summed E-state index contributed by atoms with van der Waals surface area (Å²) in [6, 6.07) is 1.30. The lowest BCUT2D eigenvalue weighted by Gasteiger charge is -2.42. The van der Waals surface area contributed by atoms with Crippen LogP contribution in [0.15, 0.2) is 0 Å². The molecule has 0 saturated heterocycles. The number of unbranched alkanes of at least 4 members (excludes halogenated alkanes) is 1. The van der Waals surface area contributed by atoms with Crippen LogP contribution in [0.2, 0.25) is 6.04 Å². The Balaban J connectivity index is 4.87. The van der Waals surface area contributed by atoms with Gasteiger partial charge in [0.2, 0.25) is 0 Å². The third-order valence-electron chi connectivity index (χ3n) is 5.07. The summed E-state index contributed by atoms with van der Waals surface area (Å²) in [5.41, 5.74) is 0.349. The Morgan fingerprint density at radius 3 is 1.62 bits per heavy atom. The zero-order chi connectivity index (χ0) is 18.4. The van der Waals surface area contributed by atoms with Crippen LogP contribution in [0.1, 0.15) is 47.0 Å². The van der Waals surface area contributed by atoms with E-state index in [9.17, 15) is 0 Å². The highest BCUT2D eigenvalue weighted by Crippen LogP contribution is 2.28. The zero-order valence-corrected chi connectivity index (χ0v) is 19.1. The lowest BCUT2D eigenvalue weighted by molar-refractivity contribution is 0.0793. The maximum absolute atomic E-state index is 5.96. The molecule has 0 spiro atoms. The van der Waals surface area contributed by atoms with Crippen LogP contribution in [0.5, 0.6) is 0 Å². The smallest absolute Gasteiger partial charge is 0.161 e. The van der Waals surface area contributed by atoms with E-state index in [1.165, 1.54) is 44.9 Å². The van der Waals surface area contributed by atoms with Crippen molar-refractivity contribution in [1.29, 1.82) is 0 Å². The van der Waals surface area contributed by atoms with Gasteiger partial charge in [0.15, 0.2) is 9.76 Å². The molecule has 0 saturated carbocycles. The molecule has 0 atom stereocenters. The second-order valence-electron chi connectivity index (χ2n) is 7.56. The third-order valence-corrected chi connectivity index (χ3v) is 6.29. The van der Waals surface area contributed by atoms with E-state index in [2.05, 4.69) is 63.5 Å². The van der Waals surface area contributed by atoms with E-state index in [0.29, 0.717) is 5.41 Å². The van der Waals surface area contributed by atoms with Crippen LogP contribution in [0.4, 0.5) is 0 Å². The molecule has 0 unspecified atom stereocenters. The standard InChI is InChI=1S/C19H45N3OSi/c1-8-12-14-23-24-15-13-19(16-20(5)9-2,17-21(6)10-3)18-22(7)11-4/h8-18,24H2,1-7H3. The number of hydrogen-bond donors (Lipinski definition) is 0. The van der Waals surface area contributed by atoms with Crippen molar-refractivity contribution in [2.75, 3.05) is 67.0 Å². The van der Waals surface area contributed by atoms with Gasteiger partial charge in [-0.3, -0.25) is 0 Å². The quantitative estimate of drug-likeness (QED) is 0.311. The van der Waals surface area contributed by atoms with E-state index in [1.54, 1.807) is 0 Å². The lowest BCUT2D eigenvalue weighted by atomic mass is 9.83. The van der Waals surface area contributed by atoms with Gasteiger partial charge in [0.05, 0.1) is 0 Å². The van der Waals surface area contributed by atoms with Gasteiger partial charge < -0.3 is 19.1 Å². The minimum atomic E-state index is -0.365. The van der Waals surface area contributed by atoms with E-state index in [0.717, 1.165) is 26.2 Å². The highest BCUT2D eigenvalue weighted by molar-refractivity contribution is 6.27. The van der Waals surface area contributed by atoms with Crippen LogP contribution in [-0.4, -0.2) is 91.5 Å². The van der Waals surface area contributed by atoms with Gasteiger partial charge in [0.25, 0.3) is 0 Å². The van der Waals surface area contributed by atoms with Gasteiger partial charge in [-0.25, -0.2) is 0 Å². The van der Waals surface area contributed by atoms with Crippen molar-refractivity contribution in [1.82, 2.24) is 14.7 Å². The molecule has 0 N–H and O–H groups in total. The number of hydrogen-bond acceptors (Lipinski definition) is 4. The van der Waals surface area contributed by atoms with Gasteiger partial charge in [-0.2, -0.15) is 0 Å². The second kappa shape index (κ2) is 14.2. The first-order valence-electron chi connectivity index (χ1n) is 10.1. The second-order valence-corrected chi connectivity index (χ2v) is 9.08. The summed E-state index contributed by atoms with van der Waals surface area (Å²) in [6.07, 6.45) is 3.75. The predicted molar refractivity (Wildman–Crippen MR) is 111 cm³/mol. The minimum absolute atomic E-state index is 0.349. The fourth-order valence-electron chi connectivity index (χ4n) is 3.34. The van der Waals surface area contributed by atoms with Crippen molar-refractivity contribution in [2.45, 2.75) is 53.0 Å². The molecule has 146 valence electrons. The van der Waals surface area contributed by atoms with Crippen molar-refractivity contribution < 1.29 is 4.43 Å². The SMILES string of the molecule is CCCCO[SiH2]CCC(CN(C)CC)(CN(C)CC)CN(C)CC. The van der Waals surface area contributed by atoms with E-state index in [4.69, 9.17) is 4.43 Å². The maximum atomic E-state index is 5.96. The average Bonchev–Trinajstić information content (AvgIpc) is 2.57.